The minimum Gasteiger partial charge on any atom is -0.365 e. The Hall–Kier alpha value is -1.13. The van der Waals surface area contributed by atoms with Gasteiger partial charge in [0.1, 0.15) is 7.05 Å². The average molecular weight is 318 g/mol. The van der Waals surface area contributed by atoms with Gasteiger partial charge in [-0.15, -0.1) is 11.8 Å². The highest BCUT2D eigenvalue weighted by atomic mass is 32.2. The van der Waals surface area contributed by atoms with Crippen molar-refractivity contribution in [2.75, 3.05) is 30.9 Å². The molecule has 1 fully saturated rings. The third kappa shape index (κ3) is 3.22. The highest BCUT2D eigenvalue weighted by molar-refractivity contribution is 8.02. The highest BCUT2D eigenvalue weighted by Gasteiger charge is 2.16. The number of para-hydroxylation sites is 1. The first-order chi connectivity index (χ1) is 10.3. The van der Waals surface area contributed by atoms with E-state index in [1.807, 2.05) is 11.8 Å². The summed E-state index contributed by atoms with van der Waals surface area (Å²) in [7, 11) is 2.15. The number of benzene rings is 1. The predicted molar refractivity (Wildman–Crippen MR) is 95.5 cm³/mol. The fourth-order valence-corrected chi connectivity index (χ4v) is 4.28. The highest BCUT2D eigenvalue weighted by Crippen LogP contribution is 2.24. The van der Waals surface area contributed by atoms with Gasteiger partial charge in [0.2, 0.25) is 11.2 Å². The number of aromatic nitrogens is 1. The van der Waals surface area contributed by atoms with Crippen molar-refractivity contribution in [3.05, 3.63) is 47.1 Å². The number of nitrogens with zero attached hydrogens (tertiary/aromatic N) is 2. The molecule has 1 saturated heterocycles. The summed E-state index contributed by atoms with van der Waals surface area (Å²) >= 11 is 3.90. The largest absolute Gasteiger partial charge is 0.365 e. The van der Waals surface area contributed by atoms with Gasteiger partial charge in [-0.2, -0.15) is 16.3 Å². The van der Waals surface area contributed by atoms with Gasteiger partial charge in [0, 0.05) is 48.2 Å². The first-order valence-electron chi connectivity index (χ1n) is 7.26. The Labute approximate surface area is 135 Å². The molecule has 1 aromatic carbocycles. The molecule has 2 aromatic rings. The molecule has 0 bridgehead atoms. The molecule has 0 atom stereocenters. The van der Waals surface area contributed by atoms with E-state index in [4.69, 9.17) is 0 Å². The second kappa shape index (κ2) is 6.75. The molecule has 21 heavy (non-hydrogen) atoms. The Morgan fingerprint density at radius 1 is 1.19 bits per heavy atom. The Morgan fingerprint density at radius 3 is 2.71 bits per heavy atom. The fourth-order valence-electron chi connectivity index (χ4n) is 2.69. The third-order valence-electron chi connectivity index (χ3n) is 3.92. The zero-order valence-electron chi connectivity index (χ0n) is 12.6. The lowest BCUT2D eigenvalue weighted by atomic mass is 10.2. The lowest BCUT2D eigenvalue weighted by Gasteiger charge is -2.29. The van der Waals surface area contributed by atoms with Crippen LogP contribution in [-0.4, -0.2) is 35.8 Å². The maximum absolute atomic E-state index is 2.51. The summed E-state index contributed by atoms with van der Waals surface area (Å²) in [6.07, 6.45) is 4.50. The predicted octanol–water partition coefficient (Wildman–Crippen LogP) is 3.37. The lowest BCUT2D eigenvalue weighted by Crippen LogP contribution is -2.34. The Kier molecular flexibility index (Phi) is 4.76. The van der Waals surface area contributed by atoms with Crippen LogP contribution in [0, 0.1) is 0 Å². The van der Waals surface area contributed by atoms with E-state index in [1.165, 1.54) is 33.1 Å². The number of thioether (sulfide) groups is 2. The van der Waals surface area contributed by atoms with Gasteiger partial charge in [-0.3, -0.25) is 0 Å². The van der Waals surface area contributed by atoms with E-state index in [-0.39, 0.29) is 0 Å². The van der Waals surface area contributed by atoms with Crippen LogP contribution in [0.15, 0.2) is 41.4 Å². The molecule has 2 heterocycles. The van der Waals surface area contributed by atoms with Crippen LogP contribution >= 0.6 is 23.5 Å². The molecule has 3 rings (SSSR count). The van der Waals surface area contributed by atoms with Crippen LogP contribution in [0.5, 0.6) is 0 Å². The van der Waals surface area contributed by atoms with Gasteiger partial charge in [-0.1, -0.05) is 12.1 Å². The number of hydrogen-bond donors (Lipinski definition) is 0. The molecule has 0 amide bonds. The summed E-state index contributed by atoms with van der Waals surface area (Å²) in [5.74, 6) is 2.48. The minimum absolute atomic E-state index is 1.16. The standard InChI is InChI=1S/C17H21N2S2/c1-18-15(8-7-14-5-3-4-6-16(14)18)13-17(20-2)19-9-11-21-12-10-19/h3-8,13H,9-12H2,1-2H3/q+1. The summed E-state index contributed by atoms with van der Waals surface area (Å²) < 4.78 is 2.28. The van der Waals surface area contributed by atoms with Gasteiger partial charge >= 0.3 is 0 Å². The Bertz CT molecular complexity index is 661. The van der Waals surface area contributed by atoms with E-state index in [2.05, 4.69) is 77.0 Å². The van der Waals surface area contributed by atoms with Crippen LogP contribution in [0.1, 0.15) is 5.69 Å². The van der Waals surface area contributed by atoms with E-state index >= 15 is 0 Å². The first-order valence-corrected chi connectivity index (χ1v) is 9.64. The second-order valence-corrected chi connectivity index (χ2v) is 7.21. The van der Waals surface area contributed by atoms with Crippen molar-refractivity contribution in [2.24, 2.45) is 7.05 Å². The number of pyridine rings is 1. The zero-order valence-corrected chi connectivity index (χ0v) is 14.2. The van der Waals surface area contributed by atoms with Crippen LogP contribution < -0.4 is 4.57 Å². The van der Waals surface area contributed by atoms with Crippen molar-refractivity contribution in [1.29, 1.82) is 0 Å². The van der Waals surface area contributed by atoms with Crippen LogP contribution in [-0.2, 0) is 7.05 Å². The van der Waals surface area contributed by atoms with Crippen molar-refractivity contribution < 1.29 is 4.57 Å². The maximum atomic E-state index is 2.51. The molecule has 0 aliphatic carbocycles. The zero-order chi connectivity index (χ0) is 14.7. The number of fused-ring (bicyclic) bond motifs is 1. The summed E-state index contributed by atoms with van der Waals surface area (Å²) in [6.45, 7) is 2.32. The molecular weight excluding hydrogens is 296 g/mol. The molecule has 110 valence electrons. The SMILES string of the molecule is CSC(=Cc1ccc2ccccc2[n+]1C)N1CCSCC1. The number of rotatable bonds is 3. The van der Waals surface area contributed by atoms with Crippen molar-refractivity contribution in [2.45, 2.75) is 0 Å². The van der Waals surface area contributed by atoms with Crippen LogP contribution in [0.25, 0.3) is 17.0 Å². The molecule has 0 spiro atoms. The fraction of sp³-hybridized carbons (Fsp3) is 0.353. The molecule has 0 radical (unpaired) electrons. The average Bonchev–Trinajstić information content (AvgIpc) is 2.55. The van der Waals surface area contributed by atoms with Gasteiger partial charge in [-0.05, 0) is 18.4 Å². The molecule has 2 nitrogen and oxygen atoms in total. The molecule has 4 heteroatoms. The lowest BCUT2D eigenvalue weighted by molar-refractivity contribution is -0.646. The summed E-state index contributed by atoms with van der Waals surface area (Å²) in [5.41, 5.74) is 2.54. The number of aryl methyl sites for hydroxylation is 1. The van der Waals surface area contributed by atoms with Crippen LogP contribution in [0.3, 0.4) is 0 Å². The molecule has 1 aromatic heterocycles. The van der Waals surface area contributed by atoms with E-state index in [0.29, 0.717) is 0 Å². The maximum Gasteiger partial charge on any atom is 0.212 e. The van der Waals surface area contributed by atoms with Gasteiger partial charge in [-0.25, -0.2) is 0 Å². The summed E-state index contributed by atoms with van der Waals surface area (Å²) in [4.78, 5) is 2.51. The van der Waals surface area contributed by atoms with Crippen molar-refractivity contribution in [3.8, 4) is 0 Å². The van der Waals surface area contributed by atoms with Crippen molar-refractivity contribution in [1.82, 2.24) is 4.90 Å². The monoisotopic (exact) mass is 317 g/mol. The van der Waals surface area contributed by atoms with Gasteiger partial charge < -0.3 is 4.90 Å². The topological polar surface area (TPSA) is 7.12 Å². The Morgan fingerprint density at radius 2 is 1.95 bits per heavy atom. The molecule has 0 N–H and O–H groups in total. The number of hydrogen-bond acceptors (Lipinski definition) is 3. The van der Waals surface area contributed by atoms with E-state index in [1.54, 1.807) is 0 Å². The van der Waals surface area contributed by atoms with Gasteiger partial charge in [0.05, 0.1) is 5.03 Å². The van der Waals surface area contributed by atoms with Crippen molar-refractivity contribution >= 4 is 40.5 Å². The van der Waals surface area contributed by atoms with Crippen molar-refractivity contribution in [3.63, 3.8) is 0 Å². The smallest absolute Gasteiger partial charge is 0.212 e. The Balaban J connectivity index is 1.98. The summed E-state index contributed by atoms with van der Waals surface area (Å²) in [6, 6.07) is 13.0. The van der Waals surface area contributed by atoms with Gasteiger partial charge in [0.15, 0.2) is 0 Å². The normalized spacial score (nSPS) is 16.5. The third-order valence-corrected chi connectivity index (χ3v) is 5.66. The van der Waals surface area contributed by atoms with Crippen LogP contribution in [0.4, 0.5) is 0 Å². The molecule has 1 aliphatic heterocycles. The van der Waals surface area contributed by atoms with E-state index in [0.717, 1.165) is 13.1 Å². The molecule has 0 unspecified atom stereocenters. The molecular formula is C17H21N2S2+. The molecule has 1 aliphatic rings. The second-order valence-electron chi connectivity index (χ2n) is 5.16. The minimum atomic E-state index is 1.16. The summed E-state index contributed by atoms with van der Waals surface area (Å²) in [5, 5.41) is 2.67. The van der Waals surface area contributed by atoms with E-state index < -0.39 is 0 Å². The molecule has 0 saturated carbocycles. The van der Waals surface area contributed by atoms with Crippen LogP contribution in [0.2, 0.25) is 0 Å². The first kappa shape index (κ1) is 14.8. The van der Waals surface area contributed by atoms with Gasteiger partial charge in [0.25, 0.3) is 0 Å². The van der Waals surface area contributed by atoms with E-state index in [9.17, 15) is 0 Å². The quantitative estimate of drug-likeness (QED) is 0.802.